The molecule has 0 unspecified atom stereocenters. The van der Waals surface area contributed by atoms with Gasteiger partial charge in [-0.3, -0.25) is 5.43 Å². The molecule has 0 amide bonds. The van der Waals surface area contributed by atoms with Gasteiger partial charge in [0.15, 0.2) is 0 Å². The van der Waals surface area contributed by atoms with Gasteiger partial charge in [0, 0.05) is 22.3 Å². The van der Waals surface area contributed by atoms with Crippen molar-refractivity contribution in [3.8, 4) is 22.7 Å². The highest BCUT2D eigenvalue weighted by Gasteiger charge is 2.12. The normalized spacial score (nSPS) is 11.1. The zero-order chi connectivity index (χ0) is 21.8. The van der Waals surface area contributed by atoms with E-state index in [1.807, 2.05) is 65.5 Å². The summed E-state index contributed by atoms with van der Waals surface area (Å²) < 4.78 is 7.07. The number of nitrogens with zero attached hydrogens (tertiary/aromatic N) is 3. The number of methoxy groups -OCH3 is 1. The van der Waals surface area contributed by atoms with Crippen LogP contribution in [-0.2, 0) is 0 Å². The summed E-state index contributed by atoms with van der Waals surface area (Å²) >= 11 is 18.4. The third-order valence-corrected chi connectivity index (χ3v) is 5.33. The lowest BCUT2D eigenvalue weighted by molar-refractivity contribution is 0.415. The highest BCUT2D eigenvalue weighted by molar-refractivity contribution is 6.41. The first-order chi connectivity index (χ1) is 15.0. The summed E-state index contributed by atoms with van der Waals surface area (Å²) in [5, 5.41) is 10.3. The van der Waals surface area contributed by atoms with Gasteiger partial charge in [0.1, 0.15) is 11.4 Å². The van der Waals surface area contributed by atoms with Gasteiger partial charge in [-0.15, -0.1) is 0 Å². The van der Waals surface area contributed by atoms with Crippen LogP contribution in [0.2, 0.25) is 15.1 Å². The Morgan fingerprint density at radius 2 is 1.65 bits per heavy atom. The van der Waals surface area contributed by atoms with E-state index in [-0.39, 0.29) is 0 Å². The van der Waals surface area contributed by atoms with Gasteiger partial charge >= 0.3 is 0 Å². The summed E-state index contributed by atoms with van der Waals surface area (Å²) in [7, 11) is 1.63. The van der Waals surface area contributed by atoms with Crippen LogP contribution >= 0.6 is 34.8 Å². The van der Waals surface area contributed by atoms with Crippen LogP contribution in [0.5, 0.6) is 5.75 Å². The Morgan fingerprint density at radius 3 is 2.29 bits per heavy atom. The average molecular weight is 472 g/mol. The number of rotatable bonds is 6. The van der Waals surface area contributed by atoms with E-state index < -0.39 is 0 Å². The molecule has 1 heterocycles. The molecule has 1 N–H and O–H groups in total. The number of aromatic nitrogens is 2. The molecule has 0 aliphatic heterocycles. The predicted octanol–water partition coefficient (Wildman–Crippen LogP) is 6.95. The maximum absolute atomic E-state index is 6.22. The SMILES string of the molecule is COc1ccc(-c2nn(-c3ccccc3)cc2/C=N\Nc2c(Cl)cc(Cl)cc2Cl)cc1. The number of hydrogen-bond acceptors (Lipinski definition) is 4. The van der Waals surface area contributed by atoms with E-state index in [0.29, 0.717) is 20.8 Å². The fourth-order valence-corrected chi connectivity index (χ4v) is 3.88. The lowest BCUT2D eigenvalue weighted by Gasteiger charge is -2.06. The summed E-state index contributed by atoms with van der Waals surface area (Å²) in [6, 6.07) is 20.7. The van der Waals surface area contributed by atoms with E-state index in [1.165, 1.54) is 0 Å². The van der Waals surface area contributed by atoms with Crippen molar-refractivity contribution < 1.29 is 4.74 Å². The average Bonchev–Trinajstić information content (AvgIpc) is 3.20. The number of benzene rings is 3. The number of hydrogen-bond donors (Lipinski definition) is 1. The van der Waals surface area contributed by atoms with Gasteiger partial charge in [0.2, 0.25) is 0 Å². The molecular weight excluding hydrogens is 455 g/mol. The van der Waals surface area contributed by atoms with Gasteiger partial charge < -0.3 is 4.74 Å². The standard InChI is InChI=1S/C23H17Cl3N4O/c1-31-19-9-7-15(8-10-19)22-16(14-30(29-22)18-5-3-2-4-6-18)13-27-28-23-20(25)11-17(24)12-21(23)26/h2-14,28H,1H3/b27-13-. The molecule has 8 heteroatoms. The molecule has 5 nitrogen and oxygen atoms in total. The minimum absolute atomic E-state index is 0.380. The van der Waals surface area contributed by atoms with Crippen LogP contribution < -0.4 is 10.2 Å². The van der Waals surface area contributed by atoms with Gasteiger partial charge in [0.05, 0.1) is 34.7 Å². The predicted molar refractivity (Wildman–Crippen MR) is 128 cm³/mol. The summed E-state index contributed by atoms with van der Waals surface area (Å²) in [5.74, 6) is 0.773. The smallest absolute Gasteiger partial charge is 0.118 e. The highest BCUT2D eigenvalue weighted by Crippen LogP contribution is 2.33. The molecular formula is C23H17Cl3N4O. The molecule has 3 aromatic carbocycles. The van der Waals surface area contributed by atoms with Crippen LogP contribution in [0.4, 0.5) is 5.69 Å². The molecule has 0 fully saturated rings. The van der Waals surface area contributed by atoms with E-state index in [0.717, 1.165) is 28.3 Å². The summed E-state index contributed by atoms with van der Waals surface area (Å²) in [5.41, 5.74) is 6.82. The Hall–Kier alpha value is -2.99. The van der Waals surface area contributed by atoms with E-state index in [9.17, 15) is 0 Å². The van der Waals surface area contributed by atoms with Gasteiger partial charge in [-0.1, -0.05) is 53.0 Å². The fraction of sp³-hybridized carbons (Fsp3) is 0.0435. The highest BCUT2D eigenvalue weighted by atomic mass is 35.5. The second-order valence-electron chi connectivity index (χ2n) is 6.56. The molecule has 31 heavy (non-hydrogen) atoms. The molecule has 0 aliphatic carbocycles. The first-order valence-corrected chi connectivity index (χ1v) is 10.4. The van der Waals surface area contributed by atoms with Gasteiger partial charge in [0.25, 0.3) is 0 Å². The van der Waals surface area contributed by atoms with Crippen LogP contribution in [-0.4, -0.2) is 23.1 Å². The van der Waals surface area contributed by atoms with Gasteiger partial charge in [-0.25, -0.2) is 4.68 Å². The maximum atomic E-state index is 6.22. The first kappa shape index (κ1) is 21.2. The van der Waals surface area contributed by atoms with Crippen molar-refractivity contribution in [2.45, 2.75) is 0 Å². The quantitative estimate of drug-likeness (QED) is 0.244. The van der Waals surface area contributed by atoms with E-state index in [1.54, 1.807) is 25.5 Å². The number of anilines is 1. The monoisotopic (exact) mass is 470 g/mol. The third kappa shape index (κ3) is 4.85. The van der Waals surface area contributed by atoms with Crippen molar-refractivity contribution in [2.24, 2.45) is 5.10 Å². The molecule has 156 valence electrons. The van der Waals surface area contributed by atoms with Crippen molar-refractivity contribution in [2.75, 3.05) is 12.5 Å². The largest absolute Gasteiger partial charge is 0.497 e. The molecule has 0 bridgehead atoms. The Bertz CT molecular complexity index is 1200. The van der Waals surface area contributed by atoms with Crippen molar-refractivity contribution >= 4 is 46.7 Å². The second-order valence-corrected chi connectivity index (χ2v) is 7.81. The van der Waals surface area contributed by atoms with Gasteiger partial charge in [-0.2, -0.15) is 10.2 Å². The van der Waals surface area contributed by atoms with Crippen molar-refractivity contribution in [3.05, 3.63) is 93.6 Å². The zero-order valence-corrected chi connectivity index (χ0v) is 18.7. The Morgan fingerprint density at radius 1 is 0.968 bits per heavy atom. The van der Waals surface area contributed by atoms with Crippen molar-refractivity contribution in [1.29, 1.82) is 0 Å². The van der Waals surface area contributed by atoms with E-state index >= 15 is 0 Å². The van der Waals surface area contributed by atoms with Gasteiger partial charge in [-0.05, 0) is 48.5 Å². The number of halogens is 3. The minimum Gasteiger partial charge on any atom is -0.497 e. The molecule has 1 aromatic heterocycles. The molecule has 0 atom stereocenters. The van der Waals surface area contributed by atoms with E-state index in [4.69, 9.17) is 44.6 Å². The minimum atomic E-state index is 0.380. The van der Waals surface area contributed by atoms with Crippen LogP contribution in [0, 0.1) is 0 Å². The molecule has 0 radical (unpaired) electrons. The topological polar surface area (TPSA) is 51.4 Å². The fourth-order valence-electron chi connectivity index (χ4n) is 2.98. The molecule has 0 aliphatic rings. The van der Waals surface area contributed by atoms with Crippen LogP contribution in [0.1, 0.15) is 5.56 Å². The summed E-state index contributed by atoms with van der Waals surface area (Å²) in [4.78, 5) is 0. The number of hydrazone groups is 1. The summed E-state index contributed by atoms with van der Waals surface area (Å²) in [6.07, 6.45) is 3.58. The van der Waals surface area contributed by atoms with Crippen molar-refractivity contribution in [1.82, 2.24) is 9.78 Å². The lowest BCUT2D eigenvalue weighted by atomic mass is 10.1. The second kappa shape index (κ2) is 9.43. The van der Waals surface area contributed by atoms with Crippen molar-refractivity contribution in [3.63, 3.8) is 0 Å². The lowest BCUT2D eigenvalue weighted by Crippen LogP contribution is -1.94. The van der Waals surface area contributed by atoms with Crippen LogP contribution in [0.3, 0.4) is 0 Å². The maximum Gasteiger partial charge on any atom is 0.118 e. The number of ether oxygens (including phenoxy) is 1. The van der Waals surface area contributed by atoms with Crippen LogP contribution in [0.15, 0.2) is 78.0 Å². The zero-order valence-electron chi connectivity index (χ0n) is 16.4. The first-order valence-electron chi connectivity index (χ1n) is 9.28. The van der Waals surface area contributed by atoms with E-state index in [2.05, 4.69) is 10.5 Å². The summed E-state index contributed by atoms with van der Waals surface area (Å²) in [6.45, 7) is 0. The third-order valence-electron chi connectivity index (χ3n) is 4.51. The number of para-hydroxylation sites is 1. The van der Waals surface area contributed by atoms with Crippen LogP contribution in [0.25, 0.3) is 16.9 Å². The molecule has 0 saturated heterocycles. The Kier molecular flexibility index (Phi) is 6.47. The molecule has 0 saturated carbocycles. The number of nitrogens with one attached hydrogen (secondary N) is 1. The molecule has 0 spiro atoms. The Labute approximate surface area is 194 Å². The molecule has 4 rings (SSSR count). The molecule has 4 aromatic rings. The Balaban J connectivity index is 1.70.